The molecule has 2 atom stereocenters. The number of benzene rings is 2. The van der Waals surface area contributed by atoms with E-state index in [4.69, 9.17) is 23.2 Å². The molecule has 122 valence electrons. The highest BCUT2D eigenvalue weighted by Crippen LogP contribution is 2.40. The summed E-state index contributed by atoms with van der Waals surface area (Å²) in [6, 6.07) is 12.3. The molecule has 4 nitrogen and oxygen atoms in total. The number of aromatic nitrogens is 3. The SMILES string of the molecule is Fc1cccc([C@@H]2C[C@H](c3ccc(Cl)cc3)Nc3ncnn32)c1Cl. The smallest absolute Gasteiger partial charge is 0.222 e. The third kappa shape index (κ3) is 2.64. The highest BCUT2D eigenvalue weighted by atomic mass is 35.5. The van der Waals surface area contributed by atoms with Gasteiger partial charge in [0.2, 0.25) is 5.95 Å². The summed E-state index contributed by atoms with van der Waals surface area (Å²) in [5.74, 6) is 0.198. The zero-order chi connectivity index (χ0) is 16.7. The average molecular weight is 363 g/mol. The summed E-state index contributed by atoms with van der Waals surface area (Å²) < 4.78 is 15.6. The molecule has 3 aromatic rings. The summed E-state index contributed by atoms with van der Waals surface area (Å²) in [6.45, 7) is 0. The fraction of sp³-hybridized carbons (Fsp3) is 0.176. The molecule has 1 aliphatic heterocycles. The van der Waals surface area contributed by atoms with Crippen molar-refractivity contribution in [2.75, 3.05) is 5.32 Å². The molecular weight excluding hydrogens is 350 g/mol. The van der Waals surface area contributed by atoms with Gasteiger partial charge in [-0.3, -0.25) is 0 Å². The first-order valence-electron chi connectivity index (χ1n) is 7.49. The Morgan fingerprint density at radius 3 is 2.71 bits per heavy atom. The van der Waals surface area contributed by atoms with Crippen molar-refractivity contribution < 1.29 is 4.39 Å². The van der Waals surface area contributed by atoms with Gasteiger partial charge in [-0.05, 0) is 35.7 Å². The quantitative estimate of drug-likeness (QED) is 0.706. The zero-order valence-corrected chi connectivity index (χ0v) is 14.0. The van der Waals surface area contributed by atoms with E-state index in [0.29, 0.717) is 23.0 Å². The minimum absolute atomic E-state index is 0.00306. The number of nitrogens with zero attached hydrogens (tertiary/aromatic N) is 3. The van der Waals surface area contributed by atoms with Gasteiger partial charge in [0, 0.05) is 5.02 Å². The molecule has 1 aromatic heterocycles. The van der Waals surface area contributed by atoms with Gasteiger partial charge in [0.15, 0.2) is 0 Å². The van der Waals surface area contributed by atoms with Crippen LogP contribution >= 0.6 is 23.2 Å². The first kappa shape index (κ1) is 15.4. The van der Waals surface area contributed by atoms with Crippen LogP contribution in [0.4, 0.5) is 10.3 Å². The third-order valence-electron chi connectivity index (χ3n) is 4.24. The Morgan fingerprint density at radius 1 is 1.12 bits per heavy atom. The monoisotopic (exact) mass is 362 g/mol. The second-order valence-corrected chi connectivity index (χ2v) is 6.49. The largest absolute Gasteiger partial charge is 0.348 e. The van der Waals surface area contributed by atoms with E-state index in [1.807, 2.05) is 30.3 Å². The first-order valence-corrected chi connectivity index (χ1v) is 8.24. The molecule has 2 heterocycles. The van der Waals surface area contributed by atoms with Crippen LogP contribution in [0.3, 0.4) is 0 Å². The highest BCUT2D eigenvalue weighted by Gasteiger charge is 2.31. The van der Waals surface area contributed by atoms with E-state index in [1.54, 1.807) is 10.7 Å². The van der Waals surface area contributed by atoms with Crippen molar-refractivity contribution in [3.63, 3.8) is 0 Å². The Hall–Kier alpha value is -2.11. The number of rotatable bonds is 2. The Labute approximate surface area is 148 Å². The Balaban J connectivity index is 1.77. The number of nitrogens with one attached hydrogen (secondary N) is 1. The molecule has 24 heavy (non-hydrogen) atoms. The number of hydrogen-bond donors (Lipinski definition) is 1. The number of halogens is 3. The molecule has 1 aliphatic rings. The van der Waals surface area contributed by atoms with Crippen molar-refractivity contribution in [1.82, 2.24) is 14.8 Å². The normalized spacial score (nSPS) is 19.6. The van der Waals surface area contributed by atoms with Crippen LogP contribution in [-0.4, -0.2) is 14.8 Å². The van der Waals surface area contributed by atoms with Crippen LogP contribution in [0.1, 0.15) is 29.6 Å². The van der Waals surface area contributed by atoms with Crippen molar-refractivity contribution in [2.45, 2.75) is 18.5 Å². The van der Waals surface area contributed by atoms with E-state index in [2.05, 4.69) is 15.4 Å². The van der Waals surface area contributed by atoms with Gasteiger partial charge in [0.1, 0.15) is 12.1 Å². The molecule has 0 radical (unpaired) electrons. The summed E-state index contributed by atoms with van der Waals surface area (Å²) >= 11 is 12.2. The van der Waals surface area contributed by atoms with E-state index in [-0.39, 0.29) is 17.1 Å². The lowest BCUT2D eigenvalue weighted by Crippen LogP contribution is -2.28. The van der Waals surface area contributed by atoms with Gasteiger partial charge in [0.05, 0.1) is 17.1 Å². The first-order chi connectivity index (χ1) is 11.6. The second-order valence-electron chi connectivity index (χ2n) is 5.67. The van der Waals surface area contributed by atoms with E-state index >= 15 is 0 Å². The Bertz CT molecular complexity index is 879. The molecule has 0 bridgehead atoms. The van der Waals surface area contributed by atoms with Gasteiger partial charge < -0.3 is 5.32 Å². The van der Waals surface area contributed by atoms with Gasteiger partial charge in [-0.15, -0.1) is 0 Å². The molecule has 7 heteroatoms. The topological polar surface area (TPSA) is 42.7 Å². The molecule has 0 aliphatic carbocycles. The van der Waals surface area contributed by atoms with Crippen LogP contribution in [0.25, 0.3) is 0 Å². The number of hydrogen-bond acceptors (Lipinski definition) is 3. The fourth-order valence-electron chi connectivity index (χ4n) is 3.07. The fourth-order valence-corrected chi connectivity index (χ4v) is 3.45. The maximum Gasteiger partial charge on any atom is 0.222 e. The zero-order valence-electron chi connectivity index (χ0n) is 12.5. The molecule has 0 amide bonds. The maximum absolute atomic E-state index is 13.9. The summed E-state index contributed by atoms with van der Waals surface area (Å²) in [5.41, 5.74) is 1.77. The second kappa shape index (κ2) is 6.07. The molecule has 4 rings (SSSR count). The van der Waals surface area contributed by atoms with E-state index in [9.17, 15) is 4.39 Å². The van der Waals surface area contributed by atoms with E-state index in [0.717, 1.165) is 5.56 Å². The van der Waals surface area contributed by atoms with Crippen LogP contribution in [0.5, 0.6) is 0 Å². The van der Waals surface area contributed by atoms with Crippen LogP contribution in [-0.2, 0) is 0 Å². The lowest BCUT2D eigenvalue weighted by molar-refractivity contribution is 0.429. The minimum Gasteiger partial charge on any atom is -0.348 e. The molecule has 0 fully saturated rings. The van der Waals surface area contributed by atoms with Crippen molar-refractivity contribution in [2.24, 2.45) is 0 Å². The van der Waals surface area contributed by atoms with Gasteiger partial charge >= 0.3 is 0 Å². The van der Waals surface area contributed by atoms with Crippen molar-refractivity contribution in [1.29, 1.82) is 0 Å². The Morgan fingerprint density at radius 2 is 1.92 bits per heavy atom. The molecule has 0 unspecified atom stereocenters. The highest BCUT2D eigenvalue weighted by molar-refractivity contribution is 6.31. The number of fused-ring (bicyclic) bond motifs is 1. The summed E-state index contributed by atoms with van der Waals surface area (Å²) in [6.07, 6.45) is 2.15. The van der Waals surface area contributed by atoms with Crippen LogP contribution in [0.15, 0.2) is 48.8 Å². The molecule has 2 aromatic carbocycles. The molecule has 0 spiro atoms. The average Bonchev–Trinajstić information content (AvgIpc) is 3.06. The van der Waals surface area contributed by atoms with Gasteiger partial charge in [-0.25, -0.2) is 9.07 Å². The van der Waals surface area contributed by atoms with Gasteiger partial charge in [0.25, 0.3) is 0 Å². The lowest BCUT2D eigenvalue weighted by Gasteiger charge is -2.32. The van der Waals surface area contributed by atoms with Crippen LogP contribution in [0.2, 0.25) is 10.0 Å². The van der Waals surface area contributed by atoms with E-state index < -0.39 is 5.82 Å². The summed E-state index contributed by atoms with van der Waals surface area (Å²) in [4.78, 5) is 4.26. The third-order valence-corrected chi connectivity index (χ3v) is 4.89. The van der Waals surface area contributed by atoms with Gasteiger partial charge in [-0.1, -0.05) is 47.5 Å². The minimum atomic E-state index is -0.433. The molecular formula is C17H13Cl2FN4. The molecule has 0 saturated carbocycles. The van der Waals surface area contributed by atoms with Crippen LogP contribution in [0, 0.1) is 5.82 Å². The maximum atomic E-state index is 13.9. The summed E-state index contributed by atoms with van der Waals surface area (Å²) in [5, 5.41) is 8.43. The Kier molecular flexibility index (Phi) is 3.90. The van der Waals surface area contributed by atoms with Crippen LogP contribution < -0.4 is 5.32 Å². The van der Waals surface area contributed by atoms with Crippen molar-refractivity contribution in [3.8, 4) is 0 Å². The van der Waals surface area contributed by atoms with Crippen molar-refractivity contribution in [3.05, 3.63) is 75.8 Å². The summed E-state index contributed by atoms with van der Waals surface area (Å²) in [7, 11) is 0. The van der Waals surface area contributed by atoms with Crippen molar-refractivity contribution >= 4 is 29.2 Å². The lowest BCUT2D eigenvalue weighted by atomic mass is 9.93. The van der Waals surface area contributed by atoms with E-state index in [1.165, 1.54) is 12.4 Å². The molecule has 1 N–H and O–H groups in total. The standard InChI is InChI=1S/C17H13Cl2FN4/c18-11-6-4-10(5-7-11)14-8-15(24-17(23-14)21-9-22-24)12-2-1-3-13(20)16(12)19/h1-7,9,14-15H,8H2,(H,21,22,23)/t14-,15+/m1/s1. The van der Waals surface area contributed by atoms with Gasteiger partial charge in [-0.2, -0.15) is 10.1 Å². The molecule has 0 saturated heterocycles. The predicted octanol–water partition coefficient (Wildman–Crippen LogP) is 4.87. The number of anilines is 1. The predicted molar refractivity (Wildman–Crippen MR) is 92.0 cm³/mol.